The minimum atomic E-state index is 0.00967. The van der Waals surface area contributed by atoms with Crippen LogP contribution >= 0.6 is 0 Å². The maximum absolute atomic E-state index is 13.0. The summed E-state index contributed by atoms with van der Waals surface area (Å²) in [4.78, 5) is 25.6. The molecular weight excluding hydrogens is 416 g/mol. The van der Waals surface area contributed by atoms with Gasteiger partial charge in [0.15, 0.2) is 0 Å². The molecule has 3 heterocycles. The number of carbonyl (C=O) groups is 1. The average Bonchev–Trinajstić information content (AvgIpc) is 3.44. The van der Waals surface area contributed by atoms with E-state index in [1.807, 2.05) is 12.3 Å². The monoisotopic (exact) mass is 448 g/mol. The van der Waals surface area contributed by atoms with Gasteiger partial charge in [-0.25, -0.2) is 9.97 Å². The van der Waals surface area contributed by atoms with Gasteiger partial charge in [0.2, 0.25) is 5.91 Å². The summed E-state index contributed by atoms with van der Waals surface area (Å²) in [6.45, 7) is 0.239. The first-order valence-corrected chi connectivity index (χ1v) is 12.3. The highest BCUT2D eigenvalue weighted by atomic mass is 16.3. The van der Waals surface area contributed by atoms with Crippen LogP contribution in [0.5, 0.6) is 0 Å². The van der Waals surface area contributed by atoms with E-state index in [2.05, 4.69) is 25.9 Å². The molecule has 0 saturated heterocycles. The number of hydrogen-bond acceptors (Lipinski definition) is 5. The molecule has 0 spiro atoms. The van der Waals surface area contributed by atoms with E-state index in [4.69, 9.17) is 10.2 Å². The normalized spacial score (nSPS) is 25.8. The van der Waals surface area contributed by atoms with Gasteiger partial charge in [0, 0.05) is 36.7 Å². The van der Waals surface area contributed by atoms with Crippen molar-refractivity contribution in [2.45, 2.75) is 76.3 Å². The van der Waals surface area contributed by atoms with Gasteiger partial charge >= 0.3 is 0 Å². The number of pyridine rings is 1. The third-order valence-corrected chi connectivity index (χ3v) is 7.66. The van der Waals surface area contributed by atoms with Crippen molar-refractivity contribution in [1.82, 2.24) is 24.8 Å². The summed E-state index contributed by atoms with van der Waals surface area (Å²) in [5.41, 5.74) is 2.71. The molecule has 174 valence electrons. The topological polar surface area (TPSA) is 120 Å². The first kappa shape index (κ1) is 21.9. The van der Waals surface area contributed by atoms with Gasteiger partial charge in [-0.05, 0) is 69.3 Å². The molecule has 8 heteroatoms. The number of aromatic nitrogens is 4. The Morgan fingerprint density at radius 1 is 1.18 bits per heavy atom. The van der Waals surface area contributed by atoms with E-state index in [0.29, 0.717) is 18.3 Å². The third kappa shape index (κ3) is 4.47. The van der Waals surface area contributed by atoms with Crippen LogP contribution in [0.25, 0.3) is 22.1 Å². The van der Waals surface area contributed by atoms with Gasteiger partial charge in [-0.15, -0.1) is 0 Å². The number of amides is 1. The number of H-pyrrole nitrogens is 1. The molecule has 5 rings (SSSR count). The minimum Gasteiger partial charge on any atom is -0.396 e. The highest BCUT2D eigenvalue weighted by Crippen LogP contribution is 2.38. The second kappa shape index (κ2) is 9.52. The molecule has 8 nitrogen and oxygen atoms in total. The van der Waals surface area contributed by atoms with E-state index in [1.165, 1.54) is 0 Å². The summed E-state index contributed by atoms with van der Waals surface area (Å²) in [6, 6.07) is 4.81. The first-order valence-electron chi connectivity index (χ1n) is 12.3. The smallest absolute Gasteiger partial charge is 0.227 e. The Balaban J connectivity index is 1.40. The number of nitriles is 1. The van der Waals surface area contributed by atoms with Crippen molar-refractivity contribution < 1.29 is 9.90 Å². The van der Waals surface area contributed by atoms with Crippen LogP contribution in [-0.2, 0) is 11.2 Å². The van der Waals surface area contributed by atoms with Crippen molar-refractivity contribution in [1.29, 1.82) is 5.26 Å². The van der Waals surface area contributed by atoms with Crippen molar-refractivity contribution in [3.05, 3.63) is 24.3 Å². The number of imidazole rings is 1. The molecule has 3 aromatic rings. The lowest BCUT2D eigenvalue weighted by Gasteiger charge is -2.30. The van der Waals surface area contributed by atoms with Crippen molar-refractivity contribution in [2.75, 3.05) is 6.61 Å². The van der Waals surface area contributed by atoms with Crippen molar-refractivity contribution >= 4 is 28.0 Å². The standard InChI is InChI=1S/C25H32N6O2/c26-11-9-16-3-7-19(8-4-16)31-22(13-23(33)29-18-5-1-17(15-32)2-6-18)30-21-14-28-25-20(24(21)31)10-12-27-25/h10,12,14,16-19,32H,1-9,13,15H2,(H,27,28)(H,29,33). The quantitative estimate of drug-likeness (QED) is 0.530. The second-order valence-electron chi connectivity index (χ2n) is 9.81. The SMILES string of the molecule is N#CCC1CCC(n2c(CC(=O)NC3CCC(CO)CC3)nc3cnc4[nH]ccc4c32)CC1. The van der Waals surface area contributed by atoms with Crippen molar-refractivity contribution in [3.8, 4) is 6.07 Å². The molecule has 2 aliphatic rings. The second-order valence-corrected chi connectivity index (χ2v) is 9.81. The highest BCUT2D eigenvalue weighted by molar-refractivity contribution is 6.01. The molecule has 2 aliphatic carbocycles. The van der Waals surface area contributed by atoms with Gasteiger partial charge in [-0.3, -0.25) is 4.79 Å². The fourth-order valence-electron chi connectivity index (χ4n) is 5.81. The van der Waals surface area contributed by atoms with Gasteiger partial charge in [0.25, 0.3) is 0 Å². The molecular formula is C25H32N6O2. The van der Waals surface area contributed by atoms with Crippen LogP contribution in [0.4, 0.5) is 0 Å². The van der Waals surface area contributed by atoms with Crippen LogP contribution in [-0.4, -0.2) is 43.2 Å². The van der Waals surface area contributed by atoms with E-state index in [-0.39, 0.29) is 31.0 Å². The van der Waals surface area contributed by atoms with Crippen molar-refractivity contribution in [2.24, 2.45) is 11.8 Å². The molecule has 33 heavy (non-hydrogen) atoms. The zero-order chi connectivity index (χ0) is 22.8. The summed E-state index contributed by atoms with van der Waals surface area (Å²) in [5, 5.41) is 22.7. The molecule has 1 amide bonds. The summed E-state index contributed by atoms with van der Waals surface area (Å²) in [5.74, 6) is 1.65. The van der Waals surface area contributed by atoms with E-state index >= 15 is 0 Å². The van der Waals surface area contributed by atoms with Crippen LogP contribution in [0.15, 0.2) is 18.5 Å². The Bertz CT molecular complexity index is 1160. The van der Waals surface area contributed by atoms with Crippen LogP contribution < -0.4 is 5.32 Å². The fraction of sp³-hybridized carbons (Fsp3) is 0.600. The van der Waals surface area contributed by atoms with Crippen LogP contribution in [0.3, 0.4) is 0 Å². The van der Waals surface area contributed by atoms with Gasteiger partial charge in [0.05, 0.1) is 24.2 Å². The summed E-state index contributed by atoms with van der Waals surface area (Å²) in [7, 11) is 0. The van der Waals surface area contributed by atoms with Crippen LogP contribution in [0.1, 0.15) is 69.7 Å². The number of fused-ring (bicyclic) bond motifs is 3. The molecule has 0 aromatic carbocycles. The Kier molecular flexibility index (Phi) is 6.32. The minimum absolute atomic E-state index is 0.00967. The molecule has 2 saturated carbocycles. The van der Waals surface area contributed by atoms with E-state index < -0.39 is 0 Å². The maximum atomic E-state index is 13.0. The predicted octanol–water partition coefficient (Wildman–Crippen LogP) is 3.77. The lowest BCUT2D eigenvalue weighted by atomic mass is 9.84. The number of hydrogen-bond donors (Lipinski definition) is 3. The van der Waals surface area contributed by atoms with E-state index in [1.54, 1.807) is 6.20 Å². The lowest BCUT2D eigenvalue weighted by molar-refractivity contribution is -0.121. The van der Waals surface area contributed by atoms with Crippen LogP contribution in [0.2, 0.25) is 0 Å². The molecule has 2 fully saturated rings. The summed E-state index contributed by atoms with van der Waals surface area (Å²) < 4.78 is 2.29. The molecule has 0 aliphatic heterocycles. The van der Waals surface area contributed by atoms with Gasteiger partial charge in [-0.1, -0.05) is 0 Å². The Morgan fingerprint density at radius 3 is 2.67 bits per heavy atom. The third-order valence-electron chi connectivity index (χ3n) is 7.66. The Hall–Kier alpha value is -2.92. The number of aliphatic hydroxyl groups excluding tert-OH is 1. The molecule has 0 bridgehead atoms. The molecule has 0 radical (unpaired) electrons. The zero-order valence-corrected chi connectivity index (χ0v) is 19.0. The lowest BCUT2D eigenvalue weighted by Crippen LogP contribution is -2.39. The predicted molar refractivity (Wildman–Crippen MR) is 125 cm³/mol. The average molecular weight is 449 g/mol. The number of nitrogens with zero attached hydrogens (tertiary/aromatic N) is 4. The number of aromatic amines is 1. The Morgan fingerprint density at radius 2 is 1.94 bits per heavy atom. The largest absolute Gasteiger partial charge is 0.396 e. The fourth-order valence-corrected chi connectivity index (χ4v) is 5.81. The molecule has 0 atom stereocenters. The van der Waals surface area contributed by atoms with Crippen molar-refractivity contribution in [3.63, 3.8) is 0 Å². The van der Waals surface area contributed by atoms with Gasteiger partial charge in [-0.2, -0.15) is 5.26 Å². The highest BCUT2D eigenvalue weighted by Gasteiger charge is 2.28. The molecule has 3 aromatic heterocycles. The number of rotatable bonds is 6. The molecule has 0 unspecified atom stereocenters. The Labute approximate surface area is 193 Å². The maximum Gasteiger partial charge on any atom is 0.227 e. The van der Waals surface area contributed by atoms with Gasteiger partial charge < -0.3 is 20.0 Å². The number of aliphatic hydroxyl groups is 1. The number of nitrogens with one attached hydrogen (secondary N) is 2. The van der Waals surface area contributed by atoms with Gasteiger partial charge in [0.1, 0.15) is 17.0 Å². The summed E-state index contributed by atoms with van der Waals surface area (Å²) >= 11 is 0. The van der Waals surface area contributed by atoms with E-state index in [9.17, 15) is 9.90 Å². The first-order chi connectivity index (χ1) is 16.2. The van der Waals surface area contributed by atoms with E-state index in [0.717, 1.165) is 79.3 Å². The number of carbonyl (C=O) groups excluding carboxylic acids is 1. The molecule has 3 N–H and O–H groups in total. The van der Waals surface area contributed by atoms with Crippen LogP contribution in [0, 0.1) is 23.2 Å². The summed E-state index contributed by atoms with van der Waals surface area (Å²) in [6.07, 6.45) is 12.4. The zero-order valence-electron chi connectivity index (χ0n) is 19.0.